The zero-order valence-electron chi connectivity index (χ0n) is 17.5. The Labute approximate surface area is 183 Å². The minimum Gasteiger partial charge on any atom is -0.336 e. The molecule has 0 N–H and O–H groups in total. The summed E-state index contributed by atoms with van der Waals surface area (Å²) in [5.74, 6) is -0.505. The molecule has 11 nitrogen and oxygen atoms in total. The van der Waals surface area contributed by atoms with Crippen LogP contribution >= 0.6 is 0 Å². The summed E-state index contributed by atoms with van der Waals surface area (Å²) in [4.78, 5) is 37.0. The topological polar surface area (TPSA) is 128 Å². The number of aryl methyl sites for hydroxylation is 2. The van der Waals surface area contributed by atoms with Crippen LogP contribution in [0, 0.1) is 10.1 Å². The number of rotatable bonds is 4. The highest BCUT2D eigenvalue weighted by Gasteiger charge is 2.32. The van der Waals surface area contributed by atoms with Gasteiger partial charge in [-0.2, -0.15) is 4.31 Å². The fourth-order valence-corrected chi connectivity index (χ4v) is 5.35. The second-order valence-corrected chi connectivity index (χ2v) is 9.46. The van der Waals surface area contributed by atoms with Crippen molar-refractivity contribution in [2.75, 3.05) is 26.2 Å². The summed E-state index contributed by atoms with van der Waals surface area (Å²) in [6, 6.07) is 10.2. The van der Waals surface area contributed by atoms with E-state index >= 15 is 0 Å². The standard InChI is InChI=1S/C20H21N5O6S/c1-21-17-8-7-14(13-18(17)22(2)20(21)27)32(30,31)24-11-9-23(10-12-24)19(26)15-5-3-4-6-16(15)25(28)29/h3-8,13H,9-12H2,1-2H3. The number of imidazole rings is 1. The average Bonchev–Trinajstić information content (AvgIpc) is 3.02. The molecule has 12 heteroatoms. The van der Waals surface area contributed by atoms with Crippen LogP contribution in [-0.4, -0.2) is 63.8 Å². The first kappa shape index (κ1) is 21.7. The van der Waals surface area contributed by atoms with Gasteiger partial charge in [0.1, 0.15) is 5.56 Å². The maximum Gasteiger partial charge on any atom is 0.328 e. The number of carbonyl (C=O) groups excluding carboxylic acids is 1. The van der Waals surface area contributed by atoms with Crippen LogP contribution in [0.1, 0.15) is 10.4 Å². The molecule has 0 saturated carbocycles. The second kappa shape index (κ2) is 7.88. The van der Waals surface area contributed by atoms with E-state index in [1.807, 2.05) is 0 Å². The third kappa shape index (κ3) is 3.46. The maximum absolute atomic E-state index is 13.2. The minimum absolute atomic E-state index is 0.0238. The Hall–Kier alpha value is -3.51. The molecule has 0 unspecified atom stereocenters. The van der Waals surface area contributed by atoms with E-state index in [1.165, 1.54) is 48.7 Å². The molecule has 1 amide bonds. The van der Waals surface area contributed by atoms with E-state index in [4.69, 9.17) is 0 Å². The van der Waals surface area contributed by atoms with Crippen LogP contribution in [0.2, 0.25) is 0 Å². The third-order valence-electron chi connectivity index (χ3n) is 5.74. The van der Waals surface area contributed by atoms with Gasteiger partial charge in [0.2, 0.25) is 10.0 Å². The quantitative estimate of drug-likeness (QED) is 0.422. The summed E-state index contributed by atoms with van der Waals surface area (Å²) >= 11 is 0. The third-order valence-corrected chi connectivity index (χ3v) is 7.63. The van der Waals surface area contributed by atoms with Crippen LogP contribution in [0.3, 0.4) is 0 Å². The van der Waals surface area contributed by atoms with E-state index in [2.05, 4.69) is 0 Å². The number of carbonyl (C=O) groups is 1. The second-order valence-electron chi connectivity index (χ2n) is 7.52. The highest BCUT2D eigenvalue weighted by Crippen LogP contribution is 2.24. The first-order valence-corrected chi connectivity index (χ1v) is 11.2. The number of hydrogen-bond acceptors (Lipinski definition) is 6. The molecule has 0 radical (unpaired) electrons. The number of aromatic nitrogens is 2. The van der Waals surface area contributed by atoms with Gasteiger partial charge >= 0.3 is 5.69 Å². The lowest BCUT2D eigenvalue weighted by Gasteiger charge is -2.34. The minimum atomic E-state index is -3.85. The molecule has 0 spiro atoms. The van der Waals surface area contributed by atoms with Crippen LogP contribution in [0.4, 0.5) is 5.69 Å². The van der Waals surface area contributed by atoms with Gasteiger partial charge in [-0.3, -0.25) is 24.0 Å². The normalized spacial score (nSPS) is 15.2. The van der Waals surface area contributed by atoms with E-state index in [9.17, 15) is 28.1 Å². The highest BCUT2D eigenvalue weighted by atomic mass is 32.2. The fraction of sp³-hybridized carbons (Fsp3) is 0.300. The van der Waals surface area contributed by atoms with Crippen molar-refractivity contribution in [2.45, 2.75) is 4.90 Å². The molecule has 1 aromatic heterocycles. The van der Waals surface area contributed by atoms with E-state index in [-0.39, 0.29) is 48.0 Å². The number of benzene rings is 2. The maximum atomic E-state index is 13.2. The Morgan fingerprint density at radius 2 is 1.59 bits per heavy atom. The molecule has 0 atom stereocenters. The fourth-order valence-electron chi connectivity index (χ4n) is 3.91. The van der Waals surface area contributed by atoms with Crippen LogP contribution < -0.4 is 5.69 Å². The lowest BCUT2D eigenvalue weighted by atomic mass is 10.1. The molecule has 1 saturated heterocycles. The van der Waals surface area contributed by atoms with Crippen LogP contribution in [0.5, 0.6) is 0 Å². The lowest BCUT2D eigenvalue weighted by molar-refractivity contribution is -0.385. The van der Waals surface area contributed by atoms with Crippen LogP contribution in [0.15, 0.2) is 52.2 Å². The number of hydrogen-bond donors (Lipinski definition) is 0. The van der Waals surface area contributed by atoms with Gasteiger partial charge in [0.25, 0.3) is 11.6 Å². The number of para-hydroxylation sites is 1. The molecule has 2 aromatic carbocycles. The van der Waals surface area contributed by atoms with Crippen molar-refractivity contribution in [3.05, 3.63) is 68.6 Å². The van der Waals surface area contributed by atoms with Crippen molar-refractivity contribution in [2.24, 2.45) is 14.1 Å². The van der Waals surface area contributed by atoms with Gasteiger partial charge in [0, 0.05) is 46.3 Å². The van der Waals surface area contributed by atoms with Crippen molar-refractivity contribution in [3.8, 4) is 0 Å². The van der Waals surface area contributed by atoms with E-state index in [0.29, 0.717) is 11.0 Å². The summed E-state index contributed by atoms with van der Waals surface area (Å²) in [5.41, 5.74) is 0.565. The van der Waals surface area contributed by atoms with Crippen LogP contribution in [0.25, 0.3) is 11.0 Å². The molecule has 0 bridgehead atoms. The van der Waals surface area contributed by atoms with Crippen molar-refractivity contribution in [1.29, 1.82) is 0 Å². The molecule has 168 valence electrons. The summed E-state index contributed by atoms with van der Waals surface area (Å²) < 4.78 is 30.4. The van der Waals surface area contributed by atoms with Crippen molar-refractivity contribution >= 4 is 32.7 Å². The van der Waals surface area contributed by atoms with Gasteiger partial charge in [-0.25, -0.2) is 13.2 Å². The monoisotopic (exact) mass is 459 g/mol. The van der Waals surface area contributed by atoms with E-state index < -0.39 is 20.9 Å². The Morgan fingerprint density at radius 3 is 2.25 bits per heavy atom. The summed E-state index contributed by atoms with van der Waals surface area (Å²) in [7, 11) is -0.652. The SMILES string of the molecule is Cn1c(=O)n(C)c2cc(S(=O)(=O)N3CCN(C(=O)c4ccccc4[N+](=O)[O-])CC3)ccc21. The Balaban J connectivity index is 1.55. The molecule has 1 aliphatic rings. The molecular formula is C20H21N5O6S. The molecule has 4 rings (SSSR count). The van der Waals surface area contributed by atoms with E-state index in [1.54, 1.807) is 26.2 Å². The molecule has 0 aliphatic carbocycles. The van der Waals surface area contributed by atoms with Crippen molar-refractivity contribution < 1.29 is 18.1 Å². The number of sulfonamides is 1. The smallest absolute Gasteiger partial charge is 0.328 e. The highest BCUT2D eigenvalue weighted by molar-refractivity contribution is 7.89. The lowest BCUT2D eigenvalue weighted by Crippen LogP contribution is -2.50. The largest absolute Gasteiger partial charge is 0.336 e. The summed E-state index contributed by atoms with van der Waals surface area (Å²) in [6.45, 7) is 0.327. The Morgan fingerprint density at radius 1 is 0.969 bits per heavy atom. The average molecular weight is 459 g/mol. The van der Waals surface area contributed by atoms with Gasteiger partial charge in [0.05, 0.1) is 20.9 Å². The first-order valence-electron chi connectivity index (χ1n) is 9.81. The number of piperazine rings is 1. The van der Waals surface area contributed by atoms with Gasteiger partial charge in [-0.1, -0.05) is 12.1 Å². The predicted octanol–water partition coefficient (Wildman–Crippen LogP) is 0.932. The number of nitro groups is 1. The predicted molar refractivity (Wildman–Crippen MR) is 116 cm³/mol. The number of amides is 1. The van der Waals surface area contributed by atoms with Crippen molar-refractivity contribution in [3.63, 3.8) is 0 Å². The van der Waals surface area contributed by atoms with Gasteiger partial charge < -0.3 is 4.90 Å². The van der Waals surface area contributed by atoms with Gasteiger partial charge in [0.15, 0.2) is 0 Å². The van der Waals surface area contributed by atoms with Crippen molar-refractivity contribution in [1.82, 2.24) is 18.3 Å². The molecule has 1 fully saturated rings. The number of nitrogens with zero attached hydrogens (tertiary/aromatic N) is 5. The molecule has 3 aromatic rings. The molecular weight excluding hydrogens is 438 g/mol. The van der Waals surface area contributed by atoms with E-state index in [0.717, 1.165) is 0 Å². The first-order chi connectivity index (χ1) is 15.1. The van der Waals surface area contributed by atoms with Gasteiger partial charge in [-0.15, -0.1) is 0 Å². The number of fused-ring (bicyclic) bond motifs is 1. The van der Waals surface area contributed by atoms with Gasteiger partial charge in [-0.05, 0) is 24.3 Å². The zero-order chi connectivity index (χ0) is 23.2. The molecule has 32 heavy (non-hydrogen) atoms. The number of nitro benzene ring substituents is 1. The van der Waals surface area contributed by atoms with Crippen LogP contribution in [-0.2, 0) is 24.1 Å². The Kier molecular flexibility index (Phi) is 5.34. The summed E-state index contributed by atoms with van der Waals surface area (Å²) in [6.07, 6.45) is 0. The molecule has 2 heterocycles. The zero-order valence-corrected chi connectivity index (χ0v) is 18.3. The Bertz CT molecular complexity index is 1400. The summed E-state index contributed by atoms with van der Waals surface area (Å²) in [5, 5.41) is 11.2. The molecule has 1 aliphatic heterocycles.